The van der Waals surface area contributed by atoms with Crippen molar-refractivity contribution in [2.24, 2.45) is 0 Å². The second kappa shape index (κ2) is 8.65. The molecule has 92 valence electrons. The summed E-state index contributed by atoms with van der Waals surface area (Å²) in [6.07, 6.45) is 9.43. The number of rotatable bonds is 9. The van der Waals surface area contributed by atoms with Crippen molar-refractivity contribution in [1.29, 1.82) is 0 Å². The number of H-pyrrole nitrogens is 1. The van der Waals surface area contributed by atoms with Crippen LogP contribution in [0.2, 0.25) is 0 Å². The molecule has 0 aliphatic carbocycles. The van der Waals surface area contributed by atoms with Crippen LogP contribution in [0.15, 0.2) is 6.20 Å². The predicted molar refractivity (Wildman–Crippen MR) is 71.9 cm³/mol. The molecule has 0 saturated heterocycles. The van der Waals surface area contributed by atoms with Crippen LogP contribution in [0.4, 0.5) is 0 Å². The monoisotopic (exact) mass is 241 g/mol. The second-order valence-corrected chi connectivity index (χ2v) is 5.06. The van der Waals surface area contributed by atoms with Crippen molar-refractivity contribution < 1.29 is 0 Å². The topological polar surface area (TPSA) is 40.7 Å². The molecule has 0 saturated carbocycles. The van der Waals surface area contributed by atoms with E-state index >= 15 is 0 Å². The first kappa shape index (κ1) is 13.6. The zero-order chi connectivity index (χ0) is 11.6. The van der Waals surface area contributed by atoms with Gasteiger partial charge in [-0.05, 0) is 38.3 Å². The lowest BCUT2D eigenvalue weighted by molar-refractivity contribution is 0.595. The van der Waals surface area contributed by atoms with E-state index in [0.717, 1.165) is 18.9 Å². The average Bonchev–Trinajstić information content (AvgIpc) is 2.68. The van der Waals surface area contributed by atoms with Crippen molar-refractivity contribution in [2.45, 2.75) is 39.2 Å². The summed E-state index contributed by atoms with van der Waals surface area (Å²) < 4.78 is 0. The lowest BCUT2D eigenvalue weighted by Gasteiger charge is -2.03. The molecule has 16 heavy (non-hydrogen) atoms. The summed E-state index contributed by atoms with van der Waals surface area (Å²) in [6.45, 7) is 4.00. The fourth-order valence-corrected chi connectivity index (χ4v) is 2.13. The number of nitrogens with zero attached hydrogens (tertiary/aromatic N) is 1. The minimum Gasteiger partial charge on any atom is -0.345 e. The third kappa shape index (κ3) is 6.18. The zero-order valence-electron chi connectivity index (χ0n) is 10.4. The Bertz CT molecular complexity index is 273. The van der Waals surface area contributed by atoms with Crippen LogP contribution in [-0.2, 0) is 6.54 Å². The van der Waals surface area contributed by atoms with Crippen LogP contribution < -0.4 is 5.32 Å². The van der Waals surface area contributed by atoms with Crippen LogP contribution >= 0.6 is 11.8 Å². The number of imidazole rings is 1. The average molecular weight is 241 g/mol. The van der Waals surface area contributed by atoms with Crippen LogP contribution in [0.1, 0.15) is 37.2 Å². The summed E-state index contributed by atoms with van der Waals surface area (Å²) in [5, 5.41) is 3.43. The Balaban J connectivity index is 1.88. The smallest absolute Gasteiger partial charge is 0.103 e. The van der Waals surface area contributed by atoms with Crippen molar-refractivity contribution in [3.05, 3.63) is 17.7 Å². The van der Waals surface area contributed by atoms with E-state index in [4.69, 9.17) is 0 Å². The van der Waals surface area contributed by atoms with Gasteiger partial charge in [-0.1, -0.05) is 12.8 Å². The zero-order valence-corrected chi connectivity index (χ0v) is 11.2. The fraction of sp³-hybridized carbons (Fsp3) is 0.750. The Hall–Kier alpha value is -0.480. The van der Waals surface area contributed by atoms with Gasteiger partial charge in [0.25, 0.3) is 0 Å². The van der Waals surface area contributed by atoms with Gasteiger partial charge in [0.15, 0.2) is 0 Å². The first-order chi connectivity index (χ1) is 7.83. The molecular formula is C12H23N3S. The molecule has 0 unspecified atom stereocenters. The molecule has 1 heterocycles. The van der Waals surface area contributed by atoms with Gasteiger partial charge in [0.2, 0.25) is 0 Å². The number of aromatic nitrogens is 2. The second-order valence-electron chi connectivity index (χ2n) is 4.08. The van der Waals surface area contributed by atoms with Crippen LogP contribution in [0.25, 0.3) is 0 Å². The highest BCUT2D eigenvalue weighted by molar-refractivity contribution is 7.98. The van der Waals surface area contributed by atoms with Gasteiger partial charge in [-0.15, -0.1) is 0 Å². The molecule has 1 aromatic heterocycles. The van der Waals surface area contributed by atoms with E-state index in [1.54, 1.807) is 0 Å². The minimum absolute atomic E-state index is 0.908. The van der Waals surface area contributed by atoms with Crippen LogP contribution in [0.5, 0.6) is 0 Å². The molecule has 0 amide bonds. The van der Waals surface area contributed by atoms with Gasteiger partial charge in [-0.3, -0.25) is 0 Å². The predicted octanol–water partition coefficient (Wildman–Crippen LogP) is 2.73. The molecule has 2 N–H and O–H groups in total. The maximum atomic E-state index is 4.17. The molecule has 0 fully saturated rings. The summed E-state index contributed by atoms with van der Waals surface area (Å²) in [6, 6.07) is 0. The van der Waals surface area contributed by atoms with Crippen LogP contribution in [0.3, 0.4) is 0 Å². The Morgan fingerprint density at radius 3 is 2.81 bits per heavy atom. The highest BCUT2D eigenvalue weighted by atomic mass is 32.2. The molecule has 3 nitrogen and oxygen atoms in total. The van der Waals surface area contributed by atoms with Crippen molar-refractivity contribution in [3.8, 4) is 0 Å². The molecule has 0 atom stereocenters. The SMILES string of the molecule is CSCCCCCCNCc1cnc(C)[nH]1. The Morgan fingerprint density at radius 2 is 2.12 bits per heavy atom. The van der Waals surface area contributed by atoms with Gasteiger partial charge < -0.3 is 10.3 Å². The Morgan fingerprint density at radius 1 is 1.31 bits per heavy atom. The molecular weight excluding hydrogens is 218 g/mol. The normalized spacial score (nSPS) is 10.9. The van der Waals surface area contributed by atoms with Gasteiger partial charge in [0.1, 0.15) is 5.82 Å². The molecule has 0 radical (unpaired) electrons. The van der Waals surface area contributed by atoms with E-state index in [0.29, 0.717) is 0 Å². The standard InChI is InChI=1S/C12H23N3S/c1-11-14-10-12(15-11)9-13-7-5-3-4-6-8-16-2/h10,13H,3-9H2,1-2H3,(H,14,15). The Labute approximate surface area is 103 Å². The fourth-order valence-electron chi connectivity index (χ4n) is 1.63. The third-order valence-corrected chi connectivity index (χ3v) is 3.22. The van der Waals surface area contributed by atoms with Gasteiger partial charge >= 0.3 is 0 Å². The van der Waals surface area contributed by atoms with E-state index in [-0.39, 0.29) is 0 Å². The molecule has 1 aromatic rings. The van der Waals surface area contributed by atoms with Gasteiger partial charge in [0.05, 0.1) is 0 Å². The molecule has 0 bridgehead atoms. The van der Waals surface area contributed by atoms with Crippen LogP contribution in [-0.4, -0.2) is 28.5 Å². The summed E-state index contributed by atoms with van der Waals surface area (Å²) in [5.74, 6) is 2.30. The minimum atomic E-state index is 0.908. The van der Waals surface area contributed by atoms with Gasteiger partial charge in [-0.25, -0.2) is 4.98 Å². The molecule has 0 aliphatic heterocycles. The first-order valence-corrected chi connectivity index (χ1v) is 7.42. The lowest BCUT2D eigenvalue weighted by atomic mass is 10.2. The highest BCUT2D eigenvalue weighted by Gasteiger charge is 1.95. The largest absolute Gasteiger partial charge is 0.345 e. The number of aryl methyl sites for hydroxylation is 1. The number of unbranched alkanes of at least 4 members (excludes halogenated alkanes) is 3. The summed E-state index contributed by atoms with van der Waals surface area (Å²) in [4.78, 5) is 7.39. The van der Waals surface area contributed by atoms with Crippen LogP contribution in [0, 0.1) is 6.92 Å². The molecule has 0 spiro atoms. The van der Waals surface area contributed by atoms with E-state index in [1.807, 2.05) is 24.9 Å². The van der Waals surface area contributed by atoms with Crippen molar-refractivity contribution >= 4 is 11.8 Å². The van der Waals surface area contributed by atoms with E-state index in [9.17, 15) is 0 Å². The molecule has 4 heteroatoms. The summed E-state index contributed by atoms with van der Waals surface area (Å²) in [5.41, 5.74) is 1.18. The van der Waals surface area contributed by atoms with E-state index < -0.39 is 0 Å². The van der Waals surface area contributed by atoms with E-state index in [2.05, 4.69) is 21.5 Å². The third-order valence-electron chi connectivity index (χ3n) is 2.52. The summed E-state index contributed by atoms with van der Waals surface area (Å²) in [7, 11) is 0. The highest BCUT2D eigenvalue weighted by Crippen LogP contribution is 2.04. The number of hydrogen-bond acceptors (Lipinski definition) is 3. The molecule has 0 aromatic carbocycles. The number of hydrogen-bond donors (Lipinski definition) is 2. The maximum Gasteiger partial charge on any atom is 0.103 e. The number of aromatic amines is 1. The van der Waals surface area contributed by atoms with Crippen molar-refractivity contribution in [2.75, 3.05) is 18.6 Å². The number of thioether (sulfide) groups is 1. The number of nitrogens with one attached hydrogen (secondary N) is 2. The molecule has 0 aliphatic rings. The van der Waals surface area contributed by atoms with Gasteiger partial charge in [-0.2, -0.15) is 11.8 Å². The molecule has 1 rings (SSSR count). The van der Waals surface area contributed by atoms with Crippen molar-refractivity contribution in [3.63, 3.8) is 0 Å². The van der Waals surface area contributed by atoms with E-state index in [1.165, 1.54) is 37.1 Å². The quantitative estimate of drug-likeness (QED) is 0.653. The van der Waals surface area contributed by atoms with Gasteiger partial charge in [0, 0.05) is 18.4 Å². The lowest BCUT2D eigenvalue weighted by Crippen LogP contribution is -2.14. The maximum absolute atomic E-state index is 4.17. The summed E-state index contributed by atoms with van der Waals surface area (Å²) >= 11 is 1.94. The Kier molecular flexibility index (Phi) is 7.34. The van der Waals surface area contributed by atoms with Crippen molar-refractivity contribution in [1.82, 2.24) is 15.3 Å². The first-order valence-electron chi connectivity index (χ1n) is 6.03.